The number of rotatable bonds is 2. The SMILES string of the molecule is CC(C)n1nccc1-c1ccccc1Cl. The minimum absolute atomic E-state index is 0.339. The summed E-state index contributed by atoms with van der Waals surface area (Å²) >= 11 is 6.15. The van der Waals surface area contributed by atoms with E-state index in [9.17, 15) is 0 Å². The van der Waals surface area contributed by atoms with Gasteiger partial charge in [-0.25, -0.2) is 0 Å². The second kappa shape index (κ2) is 4.07. The molecule has 2 aromatic rings. The Morgan fingerprint density at radius 3 is 2.60 bits per heavy atom. The summed E-state index contributed by atoms with van der Waals surface area (Å²) in [5.41, 5.74) is 2.10. The number of benzene rings is 1. The minimum Gasteiger partial charge on any atom is -0.262 e. The Morgan fingerprint density at radius 2 is 1.93 bits per heavy atom. The lowest BCUT2D eigenvalue weighted by Crippen LogP contribution is -2.04. The lowest BCUT2D eigenvalue weighted by Gasteiger charge is -2.11. The van der Waals surface area contributed by atoms with E-state index in [1.807, 2.05) is 35.0 Å². The zero-order chi connectivity index (χ0) is 10.8. The maximum atomic E-state index is 6.15. The molecule has 0 spiro atoms. The molecule has 0 unspecified atom stereocenters. The van der Waals surface area contributed by atoms with Gasteiger partial charge in [-0.2, -0.15) is 5.10 Å². The number of nitrogens with zero attached hydrogens (tertiary/aromatic N) is 2. The van der Waals surface area contributed by atoms with E-state index in [1.54, 1.807) is 6.20 Å². The largest absolute Gasteiger partial charge is 0.262 e. The molecule has 0 saturated carbocycles. The molecule has 78 valence electrons. The fraction of sp³-hybridized carbons (Fsp3) is 0.250. The van der Waals surface area contributed by atoms with Gasteiger partial charge in [-0.05, 0) is 26.0 Å². The number of hydrogen-bond donors (Lipinski definition) is 0. The monoisotopic (exact) mass is 220 g/mol. The molecule has 0 amide bonds. The van der Waals surface area contributed by atoms with Gasteiger partial charge in [0.15, 0.2) is 0 Å². The molecule has 0 saturated heterocycles. The second-order valence-corrected chi connectivity index (χ2v) is 4.14. The summed E-state index contributed by atoms with van der Waals surface area (Å²) in [7, 11) is 0. The lowest BCUT2D eigenvalue weighted by molar-refractivity contribution is 0.538. The third-order valence-electron chi connectivity index (χ3n) is 2.31. The molecule has 2 rings (SSSR count). The van der Waals surface area contributed by atoms with Gasteiger partial charge in [0, 0.05) is 22.8 Å². The molecule has 1 heterocycles. The number of hydrogen-bond acceptors (Lipinski definition) is 1. The quantitative estimate of drug-likeness (QED) is 0.753. The highest BCUT2D eigenvalue weighted by molar-refractivity contribution is 6.33. The summed E-state index contributed by atoms with van der Waals surface area (Å²) < 4.78 is 1.97. The summed E-state index contributed by atoms with van der Waals surface area (Å²) in [6.45, 7) is 4.21. The van der Waals surface area contributed by atoms with Crippen molar-refractivity contribution >= 4 is 11.6 Å². The lowest BCUT2D eigenvalue weighted by atomic mass is 10.1. The van der Waals surface area contributed by atoms with Gasteiger partial charge in [-0.3, -0.25) is 4.68 Å². The Labute approximate surface area is 94.5 Å². The highest BCUT2D eigenvalue weighted by Gasteiger charge is 2.10. The fourth-order valence-electron chi connectivity index (χ4n) is 1.61. The number of halogens is 1. The normalized spacial score (nSPS) is 10.9. The van der Waals surface area contributed by atoms with Crippen molar-refractivity contribution in [1.29, 1.82) is 0 Å². The van der Waals surface area contributed by atoms with E-state index in [0.29, 0.717) is 6.04 Å². The third-order valence-corrected chi connectivity index (χ3v) is 2.64. The number of aromatic nitrogens is 2. The van der Waals surface area contributed by atoms with Crippen molar-refractivity contribution in [3.05, 3.63) is 41.6 Å². The van der Waals surface area contributed by atoms with Crippen molar-refractivity contribution < 1.29 is 0 Å². The van der Waals surface area contributed by atoms with Crippen LogP contribution in [0.25, 0.3) is 11.3 Å². The van der Waals surface area contributed by atoms with Crippen LogP contribution in [0.4, 0.5) is 0 Å². The Bertz CT molecular complexity index is 460. The smallest absolute Gasteiger partial charge is 0.0700 e. The van der Waals surface area contributed by atoms with Crippen LogP contribution in [0.5, 0.6) is 0 Å². The first kappa shape index (κ1) is 10.2. The topological polar surface area (TPSA) is 17.8 Å². The average molecular weight is 221 g/mol. The summed E-state index contributed by atoms with van der Waals surface area (Å²) in [4.78, 5) is 0. The van der Waals surface area contributed by atoms with Crippen molar-refractivity contribution in [1.82, 2.24) is 9.78 Å². The average Bonchev–Trinajstić information content (AvgIpc) is 2.67. The summed E-state index contributed by atoms with van der Waals surface area (Å²) in [5, 5.41) is 5.06. The van der Waals surface area contributed by atoms with Crippen molar-refractivity contribution in [3.8, 4) is 11.3 Å². The Kier molecular flexibility index (Phi) is 2.78. The predicted molar refractivity (Wildman–Crippen MR) is 63.1 cm³/mol. The molecule has 0 aliphatic heterocycles. The van der Waals surface area contributed by atoms with E-state index in [1.165, 1.54) is 0 Å². The Morgan fingerprint density at radius 1 is 1.20 bits per heavy atom. The van der Waals surface area contributed by atoms with E-state index >= 15 is 0 Å². The maximum absolute atomic E-state index is 6.15. The van der Waals surface area contributed by atoms with Crippen molar-refractivity contribution in [3.63, 3.8) is 0 Å². The van der Waals surface area contributed by atoms with Gasteiger partial charge >= 0.3 is 0 Å². The van der Waals surface area contributed by atoms with E-state index < -0.39 is 0 Å². The van der Waals surface area contributed by atoms with Gasteiger partial charge in [0.25, 0.3) is 0 Å². The maximum Gasteiger partial charge on any atom is 0.0700 e. The zero-order valence-electron chi connectivity index (χ0n) is 8.81. The van der Waals surface area contributed by atoms with Gasteiger partial charge in [-0.15, -0.1) is 0 Å². The van der Waals surface area contributed by atoms with E-state index in [-0.39, 0.29) is 0 Å². The van der Waals surface area contributed by atoms with Gasteiger partial charge in [0.1, 0.15) is 0 Å². The van der Waals surface area contributed by atoms with Crippen LogP contribution in [0.15, 0.2) is 36.5 Å². The van der Waals surface area contributed by atoms with Crippen LogP contribution in [0, 0.1) is 0 Å². The molecule has 0 bridgehead atoms. The van der Waals surface area contributed by atoms with E-state index in [0.717, 1.165) is 16.3 Å². The predicted octanol–water partition coefficient (Wildman–Crippen LogP) is 3.78. The van der Waals surface area contributed by atoms with E-state index in [2.05, 4.69) is 18.9 Å². The molecule has 0 aliphatic rings. The second-order valence-electron chi connectivity index (χ2n) is 3.73. The molecule has 3 heteroatoms. The fourth-order valence-corrected chi connectivity index (χ4v) is 1.84. The highest BCUT2D eigenvalue weighted by atomic mass is 35.5. The van der Waals surface area contributed by atoms with Crippen LogP contribution in [-0.2, 0) is 0 Å². The van der Waals surface area contributed by atoms with Gasteiger partial charge in [-0.1, -0.05) is 29.8 Å². The van der Waals surface area contributed by atoms with Crippen molar-refractivity contribution in [2.75, 3.05) is 0 Å². The van der Waals surface area contributed by atoms with E-state index in [4.69, 9.17) is 11.6 Å². The molecular weight excluding hydrogens is 208 g/mol. The highest BCUT2D eigenvalue weighted by Crippen LogP contribution is 2.28. The van der Waals surface area contributed by atoms with Crippen LogP contribution in [-0.4, -0.2) is 9.78 Å². The molecule has 2 nitrogen and oxygen atoms in total. The molecule has 0 fully saturated rings. The first-order chi connectivity index (χ1) is 7.20. The van der Waals surface area contributed by atoms with Crippen LogP contribution in [0.2, 0.25) is 5.02 Å². The first-order valence-electron chi connectivity index (χ1n) is 4.98. The first-order valence-corrected chi connectivity index (χ1v) is 5.36. The third kappa shape index (κ3) is 1.90. The van der Waals surface area contributed by atoms with Crippen LogP contribution >= 0.6 is 11.6 Å². The standard InChI is InChI=1S/C12H13ClN2/c1-9(2)15-12(7-8-14-15)10-5-3-4-6-11(10)13/h3-9H,1-2H3. The molecule has 0 N–H and O–H groups in total. The Balaban J connectivity index is 2.55. The van der Waals surface area contributed by atoms with Gasteiger partial charge in [0.2, 0.25) is 0 Å². The van der Waals surface area contributed by atoms with Crippen LogP contribution in [0.3, 0.4) is 0 Å². The summed E-state index contributed by atoms with van der Waals surface area (Å²) in [6.07, 6.45) is 1.80. The Hall–Kier alpha value is -1.28. The van der Waals surface area contributed by atoms with Crippen LogP contribution < -0.4 is 0 Å². The molecule has 0 aliphatic carbocycles. The molecule has 0 radical (unpaired) electrons. The van der Waals surface area contributed by atoms with Gasteiger partial charge < -0.3 is 0 Å². The summed E-state index contributed by atoms with van der Waals surface area (Å²) in [6, 6.07) is 10.2. The molecular formula is C12H13ClN2. The van der Waals surface area contributed by atoms with Crippen LogP contribution in [0.1, 0.15) is 19.9 Å². The minimum atomic E-state index is 0.339. The zero-order valence-corrected chi connectivity index (χ0v) is 9.57. The van der Waals surface area contributed by atoms with Gasteiger partial charge in [0.05, 0.1) is 5.69 Å². The van der Waals surface area contributed by atoms with Crippen molar-refractivity contribution in [2.24, 2.45) is 0 Å². The molecule has 1 aromatic heterocycles. The molecule has 1 aromatic carbocycles. The van der Waals surface area contributed by atoms with Crippen molar-refractivity contribution in [2.45, 2.75) is 19.9 Å². The molecule has 0 atom stereocenters. The molecule has 15 heavy (non-hydrogen) atoms. The summed E-state index contributed by atoms with van der Waals surface area (Å²) in [5.74, 6) is 0.